The van der Waals surface area contributed by atoms with E-state index in [1.54, 1.807) is 4.90 Å². The molecular formula is C17H33N3O. The SMILES string of the molecule is CCC(C)(C)C1CCC(NC2CCN(C(N)=O)CC2)CC1. The fourth-order valence-corrected chi connectivity index (χ4v) is 3.93. The molecule has 0 bridgehead atoms. The van der Waals surface area contributed by atoms with Gasteiger partial charge in [-0.05, 0) is 49.9 Å². The molecule has 1 aliphatic carbocycles. The number of piperidine rings is 1. The van der Waals surface area contributed by atoms with Crippen LogP contribution in [0.2, 0.25) is 0 Å². The van der Waals surface area contributed by atoms with Crippen LogP contribution in [0.1, 0.15) is 65.7 Å². The zero-order valence-corrected chi connectivity index (χ0v) is 14.0. The zero-order chi connectivity index (χ0) is 15.5. The number of urea groups is 1. The molecule has 0 atom stereocenters. The van der Waals surface area contributed by atoms with Crippen molar-refractivity contribution >= 4 is 6.03 Å². The Labute approximate surface area is 129 Å². The third-order valence-electron chi connectivity index (χ3n) is 6.02. The molecule has 0 aromatic carbocycles. The second kappa shape index (κ2) is 6.99. The number of hydrogen-bond donors (Lipinski definition) is 2. The first-order valence-electron chi connectivity index (χ1n) is 8.73. The first-order chi connectivity index (χ1) is 9.92. The maximum absolute atomic E-state index is 11.1. The fourth-order valence-electron chi connectivity index (χ4n) is 3.93. The summed E-state index contributed by atoms with van der Waals surface area (Å²) in [6, 6.07) is 0.983. The highest BCUT2D eigenvalue weighted by Crippen LogP contribution is 2.40. The molecule has 1 heterocycles. The summed E-state index contributed by atoms with van der Waals surface area (Å²) in [6.45, 7) is 8.78. The quantitative estimate of drug-likeness (QED) is 0.837. The average Bonchev–Trinajstić information content (AvgIpc) is 2.48. The minimum atomic E-state index is -0.268. The molecule has 2 fully saturated rings. The van der Waals surface area contributed by atoms with Crippen molar-refractivity contribution in [2.45, 2.75) is 77.8 Å². The van der Waals surface area contributed by atoms with Crippen molar-refractivity contribution in [2.75, 3.05) is 13.1 Å². The van der Waals surface area contributed by atoms with Gasteiger partial charge < -0.3 is 16.0 Å². The number of nitrogens with two attached hydrogens (primary N) is 1. The molecule has 0 spiro atoms. The maximum atomic E-state index is 11.1. The molecular weight excluding hydrogens is 262 g/mol. The molecule has 1 aliphatic heterocycles. The van der Waals surface area contributed by atoms with Gasteiger partial charge in [-0.3, -0.25) is 0 Å². The molecule has 4 nitrogen and oxygen atoms in total. The molecule has 1 saturated carbocycles. The van der Waals surface area contributed by atoms with Crippen LogP contribution >= 0.6 is 0 Å². The number of rotatable bonds is 4. The normalized spacial score (nSPS) is 28.6. The molecule has 0 unspecified atom stereocenters. The smallest absolute Gasteiger partial charge is 0.314 e. The minimum absolute atomic E-state index is 0.268. The molecule has 122 valence electrons. The molecule has 0 radical (unpaired) electrons. The van der Waals surface area contributed by atoms with Crippen LogP contribution in [0.25, 0.3) is 0 Å². The lowest BCUT2D eigenvalue weighted by atomic mass is 9.69. The van der Waals surface area contributed by atoms with Crippen molar-refractivity contribution in [1.82, 2.24) is 10.2 Å². The molecule has 21 heavy (non-hydrogen) atoms. The number of likely N-dealkylation sites (tertiary alicyclic amines) is 1. The largest absolute Gasteiger partial charge is 0.351 e. The Bertz CT molecular complexity index is 340. The molecule has 0 aromatic rings. The van der Waals surface area contributed by atoms with Crippen LogP contribution in [0.15, 0.2) is 0 Å². The van der Waals surface area contributed by atoms with Gasteiger partial charge in [-0.25, -0.2) is 4.79 Å². The van der Waals surface area contributed by atoms with Crippen LogP contribution in [0, 0.1) is 11.3 Å². The standard InChI is InChI=1S/C17H33N3O/c1-4-17(2,3)13-5-7-14(8-6-13)19-15-9-11-20(12-10-15)16(18)21/h13-15,19H,4-12H2,1-3H3,(H2,18,21). The van der Waals surface area contributed by atoms with E-state index in [0.717, 1.165) is 31.8 Å². The number of hydrogen-bond acceptors (Lipinski definition) is 2. The summed E-state index contributed by atoms with van der Waals surface area (Å²) in [5, 5.41) is 3.83. The highest BCUT2D eigenvalue weighted by atomic mass is 16.2. The van der Waals surface area contributed by atoms with Gasteiger partial charge in [-0.15, -0.1) is 0 Å². The van der Waals surface area contributed by atoms with Crippen LogP contribution in [-0.2, 0) is 0 Å². The fraction of sp³-hybridized carbons (Fsp3) is 0.941. The second-order valence-electron chi connectivity index (χ2n) is 7.66. The summed E-state index contributed by atoms with van der Waals surface area (Å²) in [6.07, 6.45) is 8.71. The van der Waals surface area contributed by atoms with E-state index in [-0.39, 0.29) is 6.03 Å². The van der Waals surface area contributed by atoms with Crippen LogP contribution in [0.5, 0.6) is 0 Å². The van der Waals surface area contributed by atoms with E-state index >= 15 is 0 Å². The molecule has 1 saturated heterocycles. The average molecular weight is 295 g/mol. The van der Waals surface area contributed by atoms with Gasteiger partial charge in [0.2, 0.25) is 0 Å². The van der Waals surface area contributed by atoms with Crippen LogP contribution in [-0.4, -0.2) is 36.1 Å². The van der Waals surface area contributed by atoms with Crippen molar-refractivity contribution in [3.63, 3.8) is 0 Å². The van der Waals surface area contributed by atoms with E-state index < -0.39 is 0 Å². The Morgan fingerprint density at radius 2 is 1.62 bits per heavy atom. The van der Waals surface area contributed by atoms with Gasteiger partial charge in [0.25, 0.3) is 0 Å². The Hall–Kier alpha value is -0.770. The van der Waals surface area contributed by atoms with Gasteiger partial charge in [-0.1, -0.05) is 27.2 Å². The lowest BCUT2D eigenvalue weighted by Gasteiger charge is -2.41. The number of amides is 2. The predicted molar refractivity (Wildman–Crippen MR) is 87.1 cm³/mol. The highest BCUT2D eigenvalue weighted by molar-refractivity contribution is 5.72. The molecule has 0 aromatic heterocycles. The summed E-state index contributed by atoms with van der Waals surface area (Å²) >= 11 is 0. The summed E-state index contributed by atoms with van der Waals surface area (Å²) in [4.78, 5) is 12.9. The van der Waals surface area contributed by atoms with Crippen molar-refractivity contribution in [1.29, 1.82) is 0 Å². The number of carbonyl (C=O) groups excluding carboxylic acids is 1. The predicted octanol–water partition coefficient (Wildman–Crippen LogP) is 3.11. The first kappa shape index (κ1) is 16.6. The monoisotopic (exact) mass is 295 g/mol. The van der Waals surface area contributed by atoms with Crippen molar-refractivity contribution in [3.8, 4) is 0 Å². The van der Waals surface area contributed by atoms with E-state index in [2.05, 4.69) is 26.1 Å². The lowest BCUT2D eigenvalue weighted by molar-refractivity contribution is 0.127. The van der Waals surface area contributed by atoms with Gasteiger partial charge in [0.05, 0.1) is 0 Å². The van der Waals surface area contributed by atoms with Crippen molar-refractivity contribution in [2.24, 2.45) is 17.1 Å². The number of carbonyl (C=O) groups is 1. The minimum Gasteiger partial charge on any atom is -0.351 e. The molecule has 2 aliphatic rings. The van der Waals surface area contributed by atoms with E-state index in [4.69, 9.17) is 5.73 Å². The first-order valence-corrected chi connectivity index (χ1v) is 8.73. The lowest BCUT2D eigenvalue weighted by Crippen LogP contribution is -2.50. The zero-order valence-electron chi connectivity index (χ0n) is 14.0. The summed E-state index contributed by atoms with van der Waals surface area (Å²) in [7, 11) is 0. The van der Waals surface area contributed by atoms with Gasteiger partial charge in [-0.2, -0.15) is 0 Å². The Balaban J connectivity index is 1.71. The van der Waals surface area contributed by atoms with Crippen LogP contribution in [0.3, 0.4) is 0 Å². The van der Waals surface area contributed by atoms with Crippen LogP contribution < -0.4 is 11.1 Å². The highest BCUT2D eigenvalue weighted by Gasteiger charge is 2.32. The molecule has 3 N–H and O–H groups in total. The van der Waals surface area contributed by atoms with Gasteiger partial charge in [0, 0.05) is 25.2 Å². The number of nitrogens with zero attached hydrogens (tertiary/aromatic N) is 1. The Morgan fingerprint density at radius 3 is 2.10 bits per heavy atom. The van der Waals surface area contributed by atoms with Crippen molar-refractivity contribution < 1.29 is 4.79 Å². The van der Waals surface area contributed by atoms with Crippen molar-refractivity contribution in [3.05, 3.63) is 0 Å². The topological polar surface area (TPSA) is 58.4 Å². The van der Waals surface area contributed by atoms with E-state index in [1.807, 2.05) is 0 Å². The summed E-state index contributed by atoms with van der Waals surface area (Å²) < 4.78 is 0. The van der Waals surface area contributed by atoms with Gasteiger partial charge >= 0.3 is 6.03 Å². The molecule has 2 amide bonds. The number of primary amides is 1. The van der Waals surface area contributed by atoms with Gasteiger partial charge in [0.15, 0.2) is 0 Å². The Morgan fingerprint density at radius 1 is 1.10 bits per heavy atom. The maximum Gasteiger partial charge on any atom is 0.314 e. The van der Waals surface area contributed by atoms with Gasteiger partial charge in [0.1, 0.15) is 0 Å². The van der Waals surface area contributed by atoms with E-state index in [0.29, 0.717) is 17.5 Å². The third-order valence-corrected chi connectivity index (χ3v) is 6.02. The van der Waals surface area contributed by atoms with E-state index in [9.17, 15) is 4.79 Å². The third kappa shape index (κ3) is 4.35. The number of nitrogens with one attached hydrogen (secondary N) is 1. The summed E-state index contributed by atoms with van der Waals surface area (Å²) in [5.41, 5.74) is 5.83. The molecule has 2 rings (SSSR count). The van der Waals surface area contributed by atoms with Crippen LogP contribution in [0.4, 0.5) is 4.79 Å². The summed E-state index contributed by atoms with van der Waals surface area (Å²) in [5.74, 6) is 0.886. The Kier molecular flexibility index (Phi) is 5.53. The second-order valence-corrected chi connectivity index (χ2v) is 7.66. The molecule has 4 heteroatoms. The van der Waals surface area contributed by atoms with E-state index in [1.165, 1.54) is 32.1 Å².